The molecule has 0 saturated carbocycles. The predicted molar refractivity (Wildman–Crippen MR) is 175 cm³/mol. The molecular formula is C33H34ClF4N3O5S2. The van der Waals surface area contributed by atoms with Gasteiger partial charge in [0.15, 0.2) is 16.7 Å². The molecule has 0 fully saturated rings. The number of unbranched alkanes of at least 4 members (excludes halogenated alkanes) is 1. The van der Waals surface area contributed by atoms with Crippen LogP contribution in [0, 0.1) is 23.3 Å². The highest BCUT2D eigenvalue weighted by Gasteiger charge is 2.34. The van der Waals surface area contributed by atoms with E-state index in [9.17, 15) is 31.5 Å². The van der Waals surface area contributed by atoms with E-state index in [4.69, 9.17) is 16.3 Å². The Morgan fingerprint density at radius 2 is 1.77 bits per heavy atom. The Bertz CT molecular complexity index is 1900. The van der Waals surface area contributed by atoms with Crippen molar-refractivity contribution in [2.75, 3.05) is 13.7 Å². The Morgan fingerprint density at radius 3 is 2.35 bits per heavy atom. The van der Waals surface area contributed by atoms with Gasteiger partial charge in [0, 0.05) is 34.0 Å². The van der Waals surface area contributed by atoms with Gasteiger partial charge in [-0.15, -0.1) is 0 Å². The van der Waals surface area contributed by atoms with Crippen LogP contribution in [0.15, 0.2) is 64.8 Å². The van der Waals surface area contributed by atoms with Crippen LogP contribution in [0.2, 0.25) is 5.02 Å². The minimum atomic E-state index is -4.43. The number of carboxylic acids is 1. The van der Waals surface area contributed by atoms with Crippen molar-refractivity contribution >= 4 is 39.4 Å². The lowest BCUT2D eigenvalue weighted by Gasteiger charge is -2.28. The molecule has 4 rings (SSSR count). The number of ether oxygens (including phenoxy) is 1. The molecule has 258 valence electrons. The van der Waals surface area contributed by atoms with Gasteiger partial charge < -0.3 is 9.84 Å². The monoisotopic (exact) mass is 727 g/mol. The third kappa shape index (κ3) is 7.51. The summed E-state index contributed by atoms with van der Waals surface area (Å²) in [5, 5.41) is 9.61. The molecule has 1 heterocycles. The molecule has 1 N–H and O–H groups in total. The van der Waals surface area contributed by atoms with Gasteiger partial charge in [0.1, 0.15) is 17.7 Å². The second-order valence-electron chi connectivity index (χ2n) is 11.5. The maximum atomic E-state index is 15.6. The summed E-state index contributed by atoms with van der Waals surface area (Å²) in [5.41, 5.74) is 0.276. The molecule has 0 aliphatic heterocycles. The van der Waals surface area contributed by atoms with Gasteiger partial charge in [-0.2, -0.15) is 8.70 Å². The smallest absolute Gasteiger partial charge is 0.321 e. The molecule has 0 amide bonds. The fraction of sp³-hybridized carbons (Fsp3) is 0.333. The van der Waals surface area contributed by atoms with Crippen molar-refractivity contribution in [1.29, 1.82) is 0 Å². The van der Waals surface area contributed by atoms with E-state index in [1.807, 2.05) is 6.92 Å². The standard InChI is InChI=1S/C33H34ClF4N3O5S2/c1-6-7-12-40(19(2)31(42)43)48(44,45)23-15-25(34)24(26(36)16-23)18-47-32-39-17-29(41(32)22-10-8-21(35)9-11-22)33(3,4)20-13-27(37)30(38)28(14-20)46-5/h8-11,13-17,19H,6-7,12,18H2,1-5H3,(H,42,43)/t19-/m1/s1. The molecule has 0 bridgehead atoms. The topological polar surface area (TPSA) is 102 Å². The molecule has 8 nitrogen and oxygen atoms in total. The van der Waals surface area contributed by atoms with E-state index < -0.39 is 55.6 Å². The number of thioether (sulfide) groups is 1. The summed E-state index contributed by atoms with van der Waals surface area (Å²) in [4.78, 5) is 15.7. The summed E-state index contributed by atoms with van der Waals surface area (Å²) in [6.07, 6.45) is 2.51. The normalized spacial score (nSPS) is 12.8. The summed E-state index contributed by atoms with van der Waals surface area (Å²) in [7, 11) is -3.21. The fourth-order valence-corrected chi connectivity index (χ4v) is 8.15. The predicted octanol–water partition coefficient (Wildman–Crippen LogP) is 7.97. The van der Waals surface area contributed by atoms with Gasteiger partial charge in [0.2, 0.25) is 15.8 Å². The van der Waals surface area contributed by atoms with Gasteiger partial charge in [-0.05, 0) is 67.4 Å². The van der Waals surface area contributed by atoms with Crippen molar-refractivity contribution in [1.82, 2.24) is 13.9 Å². The lowest BCUT2D eigenvalue weighted by Crippen LogP contribution is -2.43. The molecule has 0 aliphatic carbocycles. The zero-order chi connectivity index (χ0) is 35.6. The van der Waals surface area contributed by atoms with E-state index in [2.05, 4.69) is 4.98 Å². The molecule has 0 saturated heterocycles. The van der Waals surface area contributed by atoms with Gasteiger partial charge in [0.05, 0.1) is 23.9 Å². The van der Waals surface area contributed by atoms with Crippen LogP contribution in [-0.4, -0.2) is 53.0 Å². The van der Waals surface area contributed by atoms with Crippen LogP contribution in [0.5, 0.6) is 5.75 Å². The maximum absolute atomic E-state index is 15.6. The highest BCUT2D eigenvalue weighted by atomic mass is 35.5. The first-order valence-corrected chi connectivity index (χ1v) is 17.6. The number of hydrogen-bond donors (Lipinski definition) is 1. The highest BCUT2D eigenvalue weighted by molar-refractivity contribution is 7.98. The number of imidazole rings is 1. The number of aliphatic carboxylic acids is 1. The number of carbonyl (C=O) groups is 1. The lowest BCUT2D eigenvalue weighted by atomic mass is 9.81. The Kier molecular flexibility index (Phi) is 11.6. The minimum absolute atomic E-state index is 0.0354. The highest BCUT2D eigenvalue weighted by Crippen LogP contribution is 2.40. The largest absolute Gasteiger partial charge is 0.494 e. The zero-order valence-corrected chi connectivity index (χ0v) is 29.1. The molecule has 0 spiro atoms. The van der Waals surface area contributed by atoms with Crippen LogP contribution in [-0.2, 0) is 26.0 Å². The van der Waals surface area contributed by atoms with E-state index in [1.54, 1.807) is 18.4 Å². The van der Waals surface area contributed by atoms with Crippen LogP contribution in [0.3, 0.4) is 0 Å². The molecule has 0 aliphatic rings. The third-order valence-corrected chi connectivity index (χ3v) is 11.2. The van der Waals surface area contributed by atoms with Crippen LogP contribution in [0.4, 0.5) is 17.6 Å². The number of nitrogens with zero attached hydrogens (tertiary/aromatic N) is 3. The lowest BCUT2D eigenvalue weighted by molar-refractivity contribution is -0.140. The summed E-state index contributed by atoms with van der Waals surface area (Å²) >= 11 is 7.50. The molecule has 15 heteroatoms. The van der Waals surface area contributed by atoms with Crippen LogP contribution in [0.25, 0.3) is 5.69 Å². The summed E-state index contributed by atoms with van der Waals surface area (Å²) in [6, 6.07) is 8.41. The number of aromatic nitrogens is 2. The number of rotatable bonds is 14. The van der Waals surface area contributed by atoms with Gasteiger partial charge >= 0.3 is 5.97 Å². The molecule has 1 aromatic heterocycles. The Labute approximate surface area is 285 Å². The van der Waals surface area contributed by atoms with E-state index in [0.29, 0.717) is 34.9 Å². The molecule has 48 heavy (non-hydrogen) atoms. The van der Waals surface area contributed by atoms with Crippen molar-refractivity contribution in [2.24, 2.45) is 0 Å². The second-order valence-corrected chi connectivity index (χ2v) is 14.7. The maximum Gasteiger partial charge on any atom is 0.321 e. The molecule has 0 radical (unpaired) electrons. The first-order valence-electron chi connectivity index (χ1n) is 14.8. The van der Waals surface area contributed by atoms with Gasteiger partial charge in [0.25, 0.3) is 0 Å². The molecule has 3 aromatic carbocycles. The van der Waals surface area contributed by atoms with Crippen molar-refractivity contribution < 1.29 is 40.6 Å². The van der Waals surface area contributed by atoms with Crippen molar-refractivity contribution in [3.63, 3.8) is 0 Å². The number of methoxy groups -OCH3 is 1. The number of benzene rings is 3. The SMILES string of the molecule is CCCCN([C@H](C)C(=O)O)S(=O)(=O)c1cc(F)c(CSc2ncc(C(C)(C)c3cc(F)c(F)c(OC)c3)n2-c2ccc(F)cc2)c(Cl)c1. The number of carboxylic acid groups (broad SMARTS) is 1. The Morgan fingerprint density at radius 1 is 1.10 bits per heavy atom. The molecular weight excluding hydrogens is 694 g/mol. The number of sulfonamides is 1. The summed E-state index contributed by atoms with van der Waals surface area (Å²) in [6.45, 7) is 6.50. The summed E-state index contributed by atoms with van der Waals surface area (Å²) < 4.78 is 92.7. The minimum Gasteiger partial charge on any atom is -0.494 e. The van der Waals surface area contributed by atoms with Crippen molar-refractivity contribution in [3.8, 4) is 11.4 Å². The second kappa shape index (κ2) is 14.9. The van der Waals surface area contributed by atoms with E-state index in [-0.39, 0.29) is 28.6 Å². The van der Waals surface area contributed by atoms with E-state index in [0.717, 1.165) is 34.3 Å². The quantitative estimate of drug-likeness (QED) is 0.104. The fourth-order valence-electron chi connectivity index (χ4n) is 5.04. The first kappa shape index (κ1) is 37.2. The third-order valence-electron chi connectivity index (χ3n) is 7.98. The van der Waals surface area contributed by atoms with Crippen LogP contribution in [0.1, 0.15) is 57.4 Å². The van der Waals surface area contributed by atoms with Crippen molar-refractivity contribution in [2.45, 2.75) is 67.8 Å². The van der Waals surface area contributed by atoms with E-state index in [1.165, 1.54) is 50.6 Å². The first-order chi connectivity index (χ1) is 22.5. The Balaban J connectivity index is 1.74. The summed E-state index contributed by atoms with van der Waals surface area (Å²) in [5.74, 6) is -5.42. The van der Waals surface area contributed by atoms with Crippen molar-refractivity contribution in [3.05, 3.63) is 99.8 Å². The molecule has 0 unspecified atom stereocenters. The molecule has 1 atom stereocenters. The average molecular weight is 728 g/mol. The number of halogens is 5. The van der Waals surface area contributed by atoms with Gasteiger partial charge in [-0.3, -0.25) is 9.36 Å². The number of hydrogen-bond acceptors (Lipinski definition) is 6. The zero-order valence-electron chi connectivity index (χ0n) is 26.7. The molecule has 4 aromatic rings. The van der Waals surface area contributed by atoms with E-state index >= 15 is 4.39 Å². The van der Waals surface area contributed by atoms with Crippen LogP contribution >= 0.6 is 23.4 Å². The van der Waals surface area contributed by atoms with Crippen LogP contribution < -0.4 is 4.74 Å². The van der Waals surface area contributed by atoms with Gasteiger partial charge in [-0.25, -0.2) is 26.6 Å². The average Bonchev–Trinajstić information content (AvgIpc) is 3.46. The Hall–Kier alpha value is -3.59. The van der Waals surface area contributed by atoms with Gasteiger partial charge in [-0.1, -0.05) is 50.6 Å².